The Balaban J connectivity index is 1.20. The summed E-state index contributed by atoms with van der Waals surface area (Å²) in [7, 11) is 0. The van der Waals surface area contributed by atoms with E-state index < -0.39 is 5.60 Å². The third kappa shape index (κ3) is 4.50. The van der Waals surface area contributed by atoms with Gasteiger partial charge in [0.25, 0.3) is 0 Å². The van der Waals surface area contributed by atoms with E-state index in [1.54, 1.807) is 66.0 Å². The van der Waals surface area contributed by atoms with Gasteiger partial charge < -0.3 is 20.5 Å². The Morgan fingerprint density at radius 1 is 1.12 bits per heavy atom. The van der Waals surface area contributed by atoms with Crippen LogP contribution in [0.1, 0.15) is 25.7 Å². The van der Waals surface area contributed by atoms with Gasteiger partial charge in [-0.25, -0.2) is 9.78 Å². The molecule has 2 amide bonds. The van der Waals surface area contributed by atoms with Gasteiger partial charge in [0.15, 0.2) is 0 Å². The highest BCUT2D eigenvalue weighted by molar-refractivity contribution is 5.96. The molecule has 34 heavy (non-hydrogen) atoms. The van der Waals surface area contributed by atoms with Gasteiger partial charge in [0.1, 0.15) is 22.9 Å². The minimum Gasteiger partial charge on any atom is -0.456 e. The van der Waals surface area contributed by atoms with Gasteiger partial charge in [0, 0.05) is 24.4 Å². The molecule has 174 valence electrons. The molecule has 9 heteroatoms. The van der Waals surface area contributed by atoms with Crippen LogP contribution in [-0.2, 0) is 9.53 Å². The molecule has 3 aromatic rings. The lowest BCUT2D eigenvalue weighted by molar-refractivity contribution is -0.122. The largest absolute Gasteiger partial charge is 0.456 e. The Morgan fingerprint density at radius 2 is 1.97 bits per heavy atom. The zero-order chi connectivity index (χ0) is 23.5. The molecule has 1 saturated carbocycles. The van der Waals surface area contributed by atoms with Crippen molar-refractivity contribution in [3.8, 4) is 11.5 Å². The van der Waals surface area contributed by atoms with Crippen molar-refractivity contribution >= 4 is 29.2 Å². The number of nitrogens with one attached hydrogen (secondary N) is 1. The van der Waals surface area contributed by atoms with E-state index in [4.69, 9.17) is 15.2 Å². The fourth-order valence-corrected chi connectivity index (χ4v) is 4.46. The zero-order valence-electron chi connectivity index (χ0n) is 18.5. The summed E-state index contributed by atoms with van der Waals surface area (Å²) < 4.78 is 11.6. The summed E-state index contributed by atoms with van der Waals surface area (Å²) in [6.07, 6.45) is 6.98. The van der Waals surface area contributed by atoms with E-state index in [2.05, 4.69) is 15.3 Å². The average Bonchev–Trinajstić information content (AvgIpc) is 3.18. The number of amides is 2. The van der Waals surface area contributed by atoms with Crippen molar-refractivity contribution in [2.45, 2.75) is 31.3 Å². The van der Waals surface area contributed by atoms with E-state index in [1.165, 1.54) is 0 Å². The maximum absolute atomic E-state index is 13.0. The SMILES string of the molecule is Nc1ccc(Oc2cccnc2)cc1NC(=O)[C@H]1CC[C@]2(CC1)CN(c1ccccn1)C(=O)O2. The predicted molar refractivity (Wildman–Crippen MR) is 127 cm³/mol. The second kappa shape index (κ2) is 9.01. The normalized spacial score (nSPS) is 21.8. The highest BCUT2D eigenvalue weighted by Gasteiger charge is 2.48. The summed E-state index contributed by atoms with van der Waals surface area (Å²) in [5, 5.41) is 2.94. The highest BCUT2D eigenvalue weighted by atomic mass is 16.6. The van der Waals surface area contributed by atoms with E-state index >= 15 is 0 Å². The minimum atomic E-state index is -0.581. The molecule has 9 nitrogen and oxygen atoms in total. The van der Waals surface area contributed by atoms with Crippen LogP contribution >= 0.6 is 0 Å². The number of nitrogens with two attached hydrogens (primary N) is 1. The summed E-state index contributed by atoms with van der Waals surface area (Å²) >= 11 is 0. The zero-order valence-corrected chi connectivity index (χ0v) is 18.5. The van der Waals surface area contributed by atoms with Gasteiger partial charge in [-0.3, -0.25) is 14.7 Å². The Hall–Kier alpha value is -4.14. The molecule has 2 aromatic heterocycles. The Labute approximate surface area is 196 Å². The van der Waals surface area contributed by atoms with Crippen LogP contribution in [-0.4, -0.2) is 34.1 Å². The summed E-state index contributed by atoms with van der Waals surface area (Å²) in [4.78, 5) is 35.3. The van der Waals surface area contributed by atoms with Crippen LogP contribution in [0.2, 0.25) is 0 Å². The third-order valence-corrected chi connectivity index (χ3v) is 6.32. The molecule has 3 N–H and O–H groups in total. The number of ether oxygens (including phenoxy) is 2. The van der Waals surface area contributed by atoms with Gasteiger partial charge in [-0.2, -0.15) is 0 Å². The molecular formula is C25H25N5O4. The number of hydrogen-bond donors (Lipinski definition) is 2. The van der Waals surface area contributed by atoms with E-state index in [9.17, 15) is 9.59 Å². The summed E-state index contributed by atoms with van der Waals surface area (Å²) in [6, 6.07) is 14.1. The second-order valence-electron chi connectivity index (χ2n) is 8.63. The molecular weight excluding hydrogens is 434 g/mol. The van der Waals surface area contributed by atoms with Crippen LogP contribution < -0.4 is 20.7 Å². The van der Waals surface area contributed by atoms with Gasteiger partial charge in [0.2, 0.25) is 5.91 Å². The van der Waals surface area contributed by atoms with Crippen molar-refractivity contribution < 1.29 is 19.1 Å². The molecule has 2 aliphatic rings. The van der Waals surface area contributed by atoms with Gasteiger partial charge >= 0.3 is 6.09 Å². The Kier molecular flexibility index (Phi) is 5.75. The van der Waals surface area contributed by atoms with E-state index in [-0.39, 0.29) is 17.9 Å². The predicted octanol–water partition coefficient (Wildman–Crippen LogP) is 4.38. The first kappa shape index (κ1) is 21.7. The topological polar surface area (TPSA) is 120 Å². The smallest absolute Gasteiger partial charge is 0.416 e. The highest BCUT2D eigenvalue weighted by Crippen LogP contribution is 2.41. The summed E-state index contributed by atoms with van der Waals surface area (Å²) in [6.45, 7) is 0.442. The van der Waals surface area contributed by atoms with Crippen LogP contribution in [0.3, 0.4) is 0 Å². The molecule has 0 bridgehead atoms. The number of carbonyl (C=O) groups excluding carboxylic acids is 2. The van der Waals surface area contributed by atoms with Crippen LogP contribution in [0, 0.1) is 5.92 Å². The number of pyridine rings is 2. The maximum atomic E-state index is 13.0. The average molecular weight is 460 g/mol. The van der Waals surface area contributed by atoms with Gasteiger partial charge in [0.05, 0.1) is 24.1 Å². The number of aromatic nitrogens is 2. The fourth-order valence-electron chi connectivity index (χ4n) is 4.46. The van der Waals surface area contributed by atoms with Crippen LogP contribution in [0.5, 0.6) is 11.5 Å². The molecule has 1 aliphatic carbocycles. The van der Waals surface area contributed by atoms with Crippen molar-refractivity contribution in [1.29, 1.82) is 0 Å². The number of hydrogen-bond acceptors (Lipinski definition) is 7. The molecule has 5 rings (SSSR count). The van der Waals surface area contributed by atoms with Gasteiger partial charge in [-0.15, -0.1) is 0 Å². The second-order valence-corrected chi connectivity index (χ2v) is 8.63. The molecule has 1 saturated heterocycles. The first-order chi connectivity index (χ1) is 16.5. The number of anilines is 3. The molecule has 1 aromatic carbocycles. The summed E-state index contributed by atoms with van der Waals surface area (Å²) in [5.74, 6) is 1.41. The number of nitrogen functional groups attached to an aromatic ring is 1. The van der Waals surface area contributed by atoms with Crippen molar-refractivity contribution in [3.05, 3.63) is 67.1 Å². The molecule has 2 fully saturated rings. The lowest BCUT2D eigenvalue weighted by Gasteiger charge is -2.34. The molecule has 1 spiro atoms. The molecule has 0 unspecified atom stereocenters. The quantitative estimate of drug-likeness (QED) is 0.544. The number of rotatable bonds is 5. The maximum Gasteiger partial charge on any atom is 0.416 e. The lowest BCUT2D eigenvalue weighted by Crippen LogP contribution is -2.41. The number of nitrogens with zero attached hydrogens (tertiary/aromatic N) is 3. The van der Waals surface area contributed by atoms with E-state index in [0.717, 1.165) is 0 Å². The molecule has 0 radical (unpaired) electrons. The van der Waals surface area contributed by atoms with Crippen molar-refractivity contribution in [1.82, 2.24) is 9.97 Å². The van der Waals surface area contributed by atoms with Crippen molar-refractivity contribution in [3.63, 3.8) is 0 Å². The number of carbonyl (C=O) groups is 2. The monoisotopic (exact) mass is 459 g/mol. The Bertz CT molecular complexity index is 1180. The lowest BCUT2D eigenvalue weighted by atomic mass is 9.78. The number of benzene rings is 1. The first-order valence-corrected chi connectivity index (χ1v) is 11.2. The fraction of sp³-hybridized carbons (Fsp3) is 0.280. The van der Waals surface area contributed by atoms with Crippen LogP contribution in [0.25, 0.3) is 0 Å². The summed E-state index contributed by atoms with van der Waals surface area (Å²) in [5.41, 5.74) is 6.46. The third-order valence-electron chi connectivity index (χ3n) is 6.32. The van der Waals surface area contributed by atoms with Gasteiger partial charge in [-0.1, -0.05) is 6.07 Å². The molecule has 1 aliphatic heterocycles. The van der Waals surface area contributed by atoms with E-state index in [1.807, 2.05) is 6.07 Å². The standard InChI is InChI=1S/C25H25N5O4/c26-20-7-6-18(33-19-4-3-12-27-15-19)14-21(20)29-23(31)17-8-10-25(11-9-17)16-30(24(32)34-25)22-5-1-2-13-28-22/h1-7,12-15,17H,8-11,16,26H2,(H,29,31)/t17-,25-. The van der Waals surface area contributed by atoms with Gasteiger partial charge in [-0.05, 0) is 62.1 Å². The van der Waals surface area contributed by atoms with Crippen molar-refractivity contribution in [2.75, 3.05) is 22.5 Å². The van der Waals surface area contributed by atoms with Crippen molar-refractivity contribution in [2.24, 2.45) is 5.92 Å². The van der Waals surface area contributed by atoms with Crippen LogP contribution in [0.15, 0.2) is 67.1 Å². The molecule has 3 heterocycles. The Morgan fingerprint density at radius 3 is 2.71 bits per heavy atom. The first-order valence-electron chi connectivity index (χ1n) is 11.2. The van der Waals surface area contributed by atoms with E-state index in [0.29, 0.717) is 60.9 Å². The minimum absolute atomic E-state index is 0.106. The molecule has 0 atom stereocenters. The van der Waals surface area contributed by atoms with Crippen LogP contribution in [0.4, 0.5) is 22.0 Å².